The van der Waals surface area contributed by atoms with Gasteiger partial charge in [0.2, 0.25) is 0 Å². The van der Waals surface area contributed by atoms with Gasteiger partial charge in [0.1, 0.15) is 0 Å². The summed E-state index contributed by atoms with van der Waals surface area (Å²) in [5, 5.41) is 3.52. The fourth-order valence-electron chi connectivity index (χ4n) is 2.95. The average Bonchev–Trinajstić information content (AvgIpc) is 2.32. The van der Waals surface area contributed by atoms with E-state index >= 15 is 0 Å². The van der Waals surface area contributed by atoms with E-state index in [1.54, 1.807) is 0 Å². The standard InChI is InChI=1S/C14H30N2/c1-4-9-14-10-7-8-11-16(14)13(5-2)12-15-6-3/h13-15H,4-12H2,1-3H3. The van der Waals surface area contributed by atoms with Crippen LogP contribution < -0.4 is 5.32 Å². The van der Waals surface area contributed by atoms with Crippen molar-refractivity contribution >= 4 is 0 Å². The molecule has 2 heteroatoms. The van der Waals surface area contributed by atoms with Crippen LogP contribution in [0.2, 0.25) is 0 Å². The summed E-state index contributed by atoms with van der Waals surface area (Å²) < 4.78 is 0. The molecule has 2 nitrogen and oxygen atoms in total. The monoisotopic (exact) mass is 226 g/mol. The Labute approximate surface area is 102 Å². The normalized spacial score (nSPS) is 24.6. The molecule has 2 unspecified atom stereocenters. The first kappa shape index (κ1) is 14.0. The summed E-state index contributed by atoms with van der Waals surface area (Å²) in [6.07, 6.45) is 8.28. The van der Waals surface area contributed by atoms with Crippen molar-refractivity contribution in [3.8, 4) is 0 Å². The number of hydrogen-bond donors (Lipinski definition) is 1. The first-order valence-electron chi connectivity index (χ1n) is 7.29. The van der Waals surface area contributed by atoms with E-state index < -0.39 is 0 Å². The number of nitrogens with one attached hydrogen (secondary N) is 1. The molecule has 16 heavy (non-hydrogen) atoms. The first-order chi connectivity index (χ1) is 7.83. The van der Waals surface area contributed by atoms with Crippen molar-refractivity contribution in [2.75, 3.05) is 19.6 Å². The molecule has 0 spiro atoms. The van der Waals surface area contributed by atoms with Gasteiger partial charge in [-0.15, -0.1) is 0 Å². The molecular formula is C14H30N2. The van der Waals surface area contributed by atoms with Gasteiger partial charge in [-0.05, 0) is 38.8 Å². The van der Waals surface area contributed by atoms with Gasteiger partial charge >= 0.3 is 0 Å². The molecule has 1 aliphatic rings. The summed E-state index contributed by atoms with van der Waals surface area (Å²) in [4.78, 5) is 2.79. The summed E-state index contributed by atoms with van der Waals surface area (Å²) in [5.41, 5.74) is 0. The third-order valence-electron chi connectivity index (χ3n) is 3.86. The Morgan fingerprint density at radius 2 is 2.06 bits per heavy atom. The van der Waals surface area contributed by atoms with Gasteiger partial charge in [-0.25, -0.2) is 0 Å². The quantitative estimate of drug-likeness (QED) is 0.718. The lowest BCUT2D eigenvalue weighted by molar-refractivity contribution is 0.0851. The molecule has 1 saturated heterocycles. The molecule has 0 radical (unpaired) electrons. The van der Waals surface area contributed by atoms with Gasteiger partial charge in [0.05, 0.1) is 0 Å². The Hall–Kier alpha value is -0.0800. The Kier molecular flexibility index (Phi) is 7.06. The van der Waals surface area contributed by atoms with Crippen molar-refractivity contribution in [3.05, 3.63) is 0 Å². The molecule has 0 amide bonds. The average molecular weight is 226 g/mol. The van der Waals surface area contributed by atoms with Crippen molar-refractivity contribution in [1.29, 1.82) is 0 Å². The van der Waals surface area contributed by atoms with Crippen molar-refractivity contribution in [2.45, 2.75) is 71.4 Å². The zero-order chi connectivity index (χ0) is 11.8. The van der Waals surface area contributed by atoms with E-state index in [-0.39, 0.29) is 0 Å². The number of likely N-dealkylation sites (tertiary alicyclic amines) is 1. The van der Waals surface area contributed by atoms with Crippen LogP contribution in [-0.2, 0) is 0 Å². The van der Waals surface area contributed by atoms with Crippen LogP contribution in [-0.4, -0.2) is 36.6 Å². The maximum atomic E-state index is 3.52. The predicted molar refractivity (Wildman–Crippen MR) is 71.9 cm³/mol. The van der Waals surface area contributed by atoms with Crippen LogP contribution in [0, 0.1) is 0 Å². The fraction of sp³-hybridized carbons (Fsp3) is 1.00. The molecule has 1 N–H and O–H groups in total. The Bertz CT molecular complexity index is 168. The zero-order valence-corrected chi connectivity index (χ0v) is 11.5. The van der Waals surface area contributed by atoms with Crippen LogP contribution in [0.5, 0.6) is 0 Å². The van der Waals surface area contributed by atoms with E-state index in [9.17, 15) is 0 Å². The van der Waals surface area contributed by atoms with E-state index in [1.165, 1.54) is 51.6 Å². The number of hydrogen-bond acceptors (Lipinski definition) is 2. The molecule has 0 aromatic carbocycles. The molecule has 2 atom stereocenters. The minimum Gasteiger partial charge on any atom is -0.315 e. The summed E-state index contributed by atoms with van der Waals surface area (Å²) in [6.45, 7) is 10.5. The van der Waals surface area contributed by atoms with Crippen LogP contribution >= 0.6 is 0 Å². The number of likely N-dealkylation sites (N-methyl/N-ethyl adjacent to an activating group) is 1. The molecule has 1 heterocycles. The van der Waals surface area contributed by atoms with Gasteiger partial charge in [0.15, 0.2) is 0 Å². The van der Waals surface area contributed by atoms with E-state index in [2.05, 4.69) is 31.0 Å². The highest BCUT2D eigenvalue weighted by atomic mass is 15.2. The van der Waals surface area contributed by atoms with E-state index in [4.69, 9.17) is 0 Å². The Balaban J connectivity index is 2.49. The van der Waals surface area contributed by atoms with Gasteiger partial charge in [0, 0.05) is 18.6 Å². The topological polar surface area (TPSA) is 15.3 Å². The lowest BCUT2D eigenvalue weighted by atomic mass is 9.95. The van der Waals surface area contributed by atoms with Crippen LogP contribution in [0.15, 0.2) is 0 Å². The molecular weight excluding hydrogens is 196 g/mol. The molecule has 1 fully saturated rings. The first-order valence-corrected chi connectivity index (χ1v) is 7.29. The van der Waals surface area contributed by atoms with Crippen LogP contribution in [0.3, 0.4) is 0 Å². The molecule has 0 aromatic rings. The molecule has 1 rings (SSSR count). The van der Waals surface area contributed by atoms with Crippen LogP contribution in [0.4, 0.5) is 0 Å². The number of piperidine rings is 1. The third-order valence-corrected chi connectivity index (χ3v) is 3.86. The van der Waals surface area contributed by atoms with Crippen LogP contribution in [0.25, 0.3) is 0 Å². The Morgan fingerprint density at radius 3 is 2.69 bits per heavy atom. The second kappa shape index (κ2) is 8.08. The summed E-state index contributed by atoms with van der Waals surface area (Å²) in [7, 11) is 0. The minimum atomic E-state index is 0.761. The summed E-state index contributed by atoms with van der Waals surface area (Å²) in [5.74, 6) is 0. The highest BCUT2D eigenvalue weighted by Crippen LogP contribution is 2.23. The Morgan fingerprint density at radius 1 is 1.25 bits per heavy atom. The highest BCUT2D eigenvalue weighted by Gasteiger charge is 2.26. The highest BCUT2D eigenvalue weighted by molar-refractivity contribution is 4.83. The van der Waals surface area contributed by atoms with Gasteiger partial charge < -0.3 is 5.32 Å². The lowest BCUT2D eigenvalue weighted by Gasteiger charge is -2.41. The molecule has 1 aliphatic heterocycles. The second-order valence-corrected chi connectivity index (χ2v) is 5.05. The van der Waals surface area contributed by atoms with Gasteiger partial charge in [-0.2, -0.15) is 0 Å². The SMILES string of the molecule is CCCC1CCCCN1C(CC)CNCC. The van der Waals surface area contributed by atoms with E-state index in [0.29, 0.717) is 0 Å². The van der Waals surface area contributed by atoms with Crippen LogP contribution in [0.1, 0.15) is 59.3 Å². The molecule has 0 bridgehead atoms. The maximum absolute atomic E-state index is 3.52. The fourth-order valence-corrected chi connectivity index (χ4v) is 2.95. The van der Waals surface area contributed by atoms with Gasteiger partial charge in [-0.3, -0.25) is 4.90 Å². The minimum absolute atomic E-state index is 0.761. The van der Waals surface area contributed by atoms with Gasteiger partial charge in [0.25, 0.3) is 0 Å². The zero-order valence-electron chi connectivity index (χ0n) is 11.5. The maximum Gasteiger partial charge on any atom is 0.0220 e. The van der Waals surface area contributed by atoms with Crippen molar-refractivity contribution in [1.82, 2.24) is 10.2 Å². The van der Waals surface area contributed by atoms with Crippen molar-refractivity contribution in [2.24, 2.45) is 0 Å². The molecule has 0 aliphatic carbocycles. The second-order valence-electron chi connectivity index (χ2n) is 5.05. The predicted octanol–water partition coefficient (Wildman–Crippen LogP) is 3.03. The largest absolute Gasteiger partial charge is 0.315 e. The molecule has 96 valence electrons. The van der Waals surface area contributed by atoms with Gasteiger partial charge in [-0.1, -0.05) is 33.6 Å². The lowest BCUT2D eigenvalue weighted by Crippen LogP contribution is -2.49. The van der Waals surface area contributed by atoms with Crippen molar-refractivity contribution < 1.29 is 0 Å². The molecule has 0 aromatic heterocycles. The van der Waals surface area contributed by atoms with E-state index in [1.807, 2.05) is 0 Å². The summed E-state index contributed by atoms with van der Waals surface area (Å²) in [6, 6.07) is 1.62. The number of rotatable bonds is 7. The number of nitrogens with zero attached hydrogens (tertiary/aromatic N) is 1. The molecule has 0 saturated carbocycles. The third kappa shape index (κ3) is 4.06. The van der Waals surface area contributed by atoms with E-state index in [0.717, 1.165) is 18.6 Å². The summed E-state index contributed by atoms with van der Waals surface area (Å²) >= 11 is 0. The smallest absolute Gasteiger partial charge is 0.0220 e. The van der Waals surface area contributed by atoms with Crippen molar-refractivity contribution in [3.63, 3.8) is 0 Å².